The number of terminal acetylenes is 1. The third kappa shape index (κ3) is 4.03. The van der Waals surface area contributed by atoms with Gasteiger partial charge in [0, 0.05) is 30.3 Å². The van der Waals surface area contributed by atoms with Gasteiger partial charge in [0.05, 0.1) is 10.7 Å². The molecule has 0 aromatic carbocycles. The van der Waals surface area contributed by atoms with Crippen molar-refractivity contribution in [3.63, 3.8) is 0 Å². The number of hydrogen-bond donors (Lipinski definition) is 1. The van der Waals surface area contributed by atoms with Gasteiger partial charge in [-0.2, -0.15) is 0 Å². The van der Waals surface area contributed by atoms with Crippen molar-refractivity contribution in [3.05, 3.63) is 16.1 Å². The van der Waals surface area contributed by atoms with Gasteiger partial charge in [-0.05, 0) is 6.92 Å². The fourth-order valence-corrected chi connectivity index (χ4v) is 2.03. The van der Waals surface area contributed by atoms with E-state index in [0.717, 1.165) is 18.7 Å². The quantitative estimate of drug-likeness (QED) is 0.775. The Morgan fingerprint density at radius 2 is 2.27 bits per heavy atom. The first-order valence-corrected chi connectivity index (χ1v) is 6.12. The van der Waals surface area contributed by atoms with Crippen molar-refractivity contribution in [3.8, 4) is 12.3 Å². The fourth-order valence-electron chi connectivity index (χ4n) is 1.20. The molecule has 82 valence electrons. The molecule has 0 saturated carbocycles. The number of rotatable bonds is 5. The third-order valence-electron chi connectivity index (χ3n) is 2.12. The van der Waals surface area contributed by atoms with E-state index < -0.39 is 0 Å². The molecule has 0 aliphatic heterocycles. The molecule has 3 heteroatoms. The second kappa shape index (κ2) is 5.89. The lowest BCUT2D eigenvalue weighted by Crippen LogP contribution is -2.24. The summed E-state index contributed by atoms with van der Waals surface area (Å²) in [4.78, 5) is 4.55. The predicted octanol–water partition coefficient (Wildman–Crippen LogP) is 2.77. The number of nitrogens with one attached hydrogen (secondary N) is 1. The second-order valence-corrected chi connectivity index (χ2v) is 4.91. The average molecular weight is 222 g/mol. The Morgan fingerprint density at radius 3 is 2.80 bits per heavy atom. The van der Waals surface area contributed by atoms with E-state index in [2.05, 4.69) is 42.4 Å². The zero-order chi connectivity index (χ0) is 11.3. The number of hydrogen-bond acceptors (Lipinski definition) is 3. The summed E-state index contributed by atoms with van der Waals surface area (Å²) in [6.45, 7) is 7.23. The van der Waals surface area contributed by atoms with Gasteiger partial charge in [-0.15, -0.1) is 23.7 Å². The van der Waals surface area contributed by atoms with Crippen molar-refractivity contribution in [2.45, 2.75) is 45.7 Å². The SMILES string of the molecule is C#CC[C@@H](C)NCc1csc(C(C)C)n1. The van der Waals surface area contributed by atoms with E-state index in [0.29, 0.717) is 12.0 Å². The summed E-state index contributed by atoms with van der Waals surface area (Å²) in [6, 6.07) is 0.360. The summed E-state index contributed by atoms with van der Waals surface area (Å²) in [7, 11) is 0. The summed E-state index contributed by atoms with van der Waals surface area (Å²) < 4.78 is 0. The summed E-state index contributed by atoms with van der Waals surface area (Å²) in [5, 5.41) is 6.67. The Bertz CT molecular complexity index is 336. The van der Waals surface area contributed by atoms with Gasteiger partial charge in [0.2, 0.25) is 0 Å². The maximum atomic E-state index is 5.24. The highest BCUT2D eigenvalue weighted by molar-refractivity contribution is 7.09. The summed E-state index contributed by atoms with van der Waals surface area (Å²) in [5.41, 5.74) is 1.12. The maximum absolute atomic E-state index is 5.24. The van der Waals surface area contributed by atoms with E-state index in [-0.39, 0.29) is 0 Å². The van der Waals surface area contributed by atoms with Crippen LogP contribution in [0.5, 0.6) is 0 Å². The van der Waals surface area contributed by atoms with Gasteiger partial charge in [0.25, 0.3) is 0 Å². The molecule has 1 atom stereocenters. The first-order valence-electron chi connectivity index (χ1n) is 5.24. The largest absolute Gasteiger partial charge is 0.308 e. The van der Waals surface area contributed by atoms with Gasteiger partial charge in [-0.25, -0.2) is 4.98 Å². The van der Waals surface area contributed by atoms with E-state index in [4.69, 9.17) is 6.42 Å². The molecule has 1 aromatic rings. The van der Waals surface area contributed by atoms with Crippen LogP contribution in [0.1, 0.15) is 43.8 Å². The van der Waals surface area contributed by atoms with Crippen LogP contribution in [-0.2, 0) is 6.54 Å². The third-order valence-corrected chi connectivity index (χ3v) is 3.31. The molecule has 0 radical (unpaired) electrons. The van der Waals surface area contributed by atoms with Crippen LogP contribution in [0.2, 0.25) is 0 Å². The van der Waals surface area contributed by atoms with Crippen LogP contribution in [0.3, 0.4) is 0 Å². The molecule has 1 aromatic heterocycles. The summed E-state index contributed by atoms with van der Waals surface area (Å²) >= 11 is 1.73. The van der Waals surface area contributed by atoms with Crippen LogP contribution in [0.15, 0.2) is 5.38 Å². The molecular weight excluding hydrogens is 204 g/mol. The Kier molecular flexibility index (Phi) is 4.80. The lowest BCUT2D eigenvalue weighted by molar-refractivity contribution is 0.553. The summed E-state index contributed by atoms with van der Waals surface area (Å²) in [5.74, 6) is 3.17. The minimum Gasteiger partial charge on any atom is -0.308 e. The van der Waals surface area contributed by atoms with Crippen molar-refractivity contribution in [1.82, 2.24) is 10.3 Å². The molecule has 0 fully saturated rings. The molecule has 2 nitrogen and oxygen atoms in total. The smallest absolute Gasteiger partial charge is 0.0954 e. The number of thiazole rings is 1. The Labute approximate surface area is 96.1 Å². The van der Waals surface area contributed by atoms with Gasteiger partial charge < -0.3 is 5.32 Å². The van der Waals surface area contributed by atoms with E-state index in [9.17, 15) is 0 Å². The summed E-state index contributed by atoms with van der Waals surface area (Å²) in [6.07, 6.45) is 6.00. The molecule has 1 rings (SSSR count). The second-order valence-electron chi connectivity index (χ2n) is 4.02. The van der Waals surface area contributed by atoms with Crippen LogP contribution < -0.4 is 5.32 Å². The molecule has 0 unspecified atom stereocenters. The van der Waals surface area contributed by atoms with Crippen LogP contribution in [0, 0.1) is 12.3 Å². The molecule has 0 bridgehead atoms. The first-order chi connectivity index (χ1) is 7.13. The molecule has 1 N–H and O–H groups in total. The van der Waals surface area contributed by atoms with Crippen molar-refractivity contribution in [2.24, 2.45) is 0 Å². The molecule has 0 spiro atoms. The van der Waals surface area contributed by atoms with Crippen LogP contribution in [0.25, 0.3) is 0 Å². The van der Waals surface area contributed by atoms with Crippen LogP contribution in [-0.4, -0.2) is 11.0 Å². The zero-order valence-electron chi connectivity index (χ0n) is 9.58. The topological polar surface area (TPSA) is 24.9 Å². The minimum absolute atomic E-state index is 0.360. The average Bonchev–Trinajstić information content (AvgIpc) is 2.63. The van der Waals surface area contributed by atoms with E-state index in [1.54, 1.807) is 11.3 Å². The van der Waals surface area contributed by atoms with Crippen LogP contribution in [0.4, 0.5) is 0 Å². The highest BCUT2D eigenvalue weighted by atomic mass is 32.1. The van der Waals surface area contributed by atoms with E-state index in [1.807, 2.05) is 0 Å². The van der Waals surface area contributed by atoms with Crippen LogP contribution >= 0.6 is 11.3 Å². The highest BCUT2D eigenvalue weighted by Crippen LogP contribution is 2.18. The van der Waals surface area contributed by atoms with E-state index in [1.165, 1.54) is 5.01 Å². The Balaban J connectivity index is 2.41. The molecule has 0 aliphatic rings. The zero-order valence-corrected chi connectivity index (χ0v) is 10.4. The van der Waals surface area contributed by atoms with Crippen molar-refractivity contribution in [2.75, 3.05) is 0 Å². The lowest BCUT2D eigenvalue weighted by Gasteiger charge is -2.08. The molecule has 0 aliphatic carbocycles. The minimum atomic E-state index is 0.360. The standard InChI is InChI=1S/C12H18N2S/c1-5-6-10(4)13-7-11-8-15-12(14-11)9(2)3/h1,8-10,13H,6-7H2,2-4H3/t10-/m1/s1. The first kappa shape index (κ1) is 12.2. The highest BCUT2D eigenvalue weighted by Gasteiger charge is 2.06. The predicted molar refractivity (Wildman–Crippen MR) is 66.0 cm³/mol. The monoisotopic (exact) mass is 222 g/mol. The lowest BCUT2D eigenvalue weighted by atomic mass is 10.2. The van der Waals surface area contributed by atoms with Gasteiger partial charge in [-0.1, -0.05) is 13.8 Å². The van der Waals surface area contributed by atoms with Gasteiger partial charge >= 0.3 is 0 Å². The Morgan fingerprint density at radius 1 is 1.53 bits per heavy atom. The van der Waals surface area contributed by atoms with E-state index >= 15 is 0 Å². The molecule has 0 saturated heterocycles. The van der Waals surface area contributed by atoms with Gasteiger partial charge in [-0.3, -0.25) is 0 Å². The molecule has 1 heterocycles. The van der Waals surface area contributed by atoms with Gasteiger partial charge in [0.15, 0.2) is 0 Å². The molecule has 15 heavy (non-hydrogen) atoms. The molecule has 0 amide bonds. The maximum Gasteiger partial charge on any atom is 0.0954 e. The molecular formula is C12H18N2S. The normalized spacial score (nSPS) is 12.7. The van der Waals surface area contributed by atoms with Crippen molar-refractivity contribution in [1.29, 1.82) is 0 Å². The van der Waals surface area contributed by atoms with Crippen molar-refractivity contribution >= 4 is 11.3 Å². The van der Waals surface area contributed by atoms with Gasteiger partial charge in [0.1, 0.15) is 0 Å². The Hall–Kier alpha value is -0.850. The number of nitrogens with zero attached hydrogens (tertiary/aromatic N) is 1. The van der Waals surface area contributed by atoms with Crippen molar-refractivity contribution < 1.29 is 0 Å². The fraction of sp³-hybridized carbons (Fsp3) is 0.583. The number of aromatic nitrogens is 1.